The minimum absolute atomic E-state index is 0.159. The molecule has 0 radical (unpaired) electrons. The minimum atomic E-state index is -1.02. The SMILES string of the molecule is O=C(CCN1CC(c2nc3ccccc3[nH]2)C1)Nc1ccsc1C(=O)O. The number of thiophene rings is 1. The second-order valence-electron chi connectivity index (χ2n) is 6.36. The number of para-hydroxylation sites is 2. The summed E-state index contributed by atoms with van der Waals surface area (Å²) in [5.41, 5.74) is 2.40. The first-order chi connectivity index (χ1) is 12.6. The number of carboxylic acids is 1. The summed E-state index contributed by atoms with van der Waals surface area (Å²) < 4.78 is 0. The van der Waals surface area contributed by atoms with Crippen molar-refractivity contribution in [1.29, 1.82) is 0 Å². The van der Waals surface area contributed by atoms with Crippen molar-refractivity contribution < 1.29 is 14.7 Å². The summed E-state index contributed by atoms with van der Waals surface area (Å²) in [6.07, 6.45) is 0.335. The molecule has 0 bridgehead atoms. The number of aromatic carboxylic acids is 1. The molecule has 3 aromatic rings. The maximum Gasteiger partial charge on any atom is 0.348 e. The summed E-state index contributed by atoms with van der Waals surface area (Å²) in [6, 6.07) is 9.59. The number of hydrogen-bond acceptors (Lipinski definition) is 5. The third kappa shape index (κ3) is 3.33. The van der Waals surface area contributed by atoms with Crippen LogP contribution in [0.4, 0.5) is 5.69 Å². The van der Waals surface area contributed by atoms with E-state index in [2.05, 4.69) is 20.2 Å². The van der Waals surface area contributed by atoms with Crippen LogP contribution < -0.4 is 5.32 Å². The summed E-state index contributed by atoms with van der Waals surface area (Å²) in [5, 5.41) is 13.4. The Bertz CT molecular complexity index is 925. The van der Waals surface area contributed by atoms with E-state index in [0.717, 1.165) is 41.3 Å². The van der Waals surface area contributed by atoms with Gasteiger partial charge in [0, 0.05) is 32.0 Å². The molecule has 0 atom stereocenters. The van der Waals surface area contributed by atoms with Gasteiger partial charge in [-0.25, -0.2) is 9.78 Å². The monoisotopic (exact) mass is 370 g/mol. The lowest BCUT2D eigenvalue weighted by atomic mass is 9.99. The Morgan fingerprint density at radius 3 is 2.88 bits per heavy atom. The van der Waals surface area contributed by atoms with Crippen molar-refractivity contribution in [2.24, 2.45) is 0 Å². The molecule has 134 valence electrons. The molecule has 0 spiro atoms. The molecule has 8 heteroatoms. The normalized spacial score (nSPS) is 15.1. The lowest BCUT2D eigenvalue weighted by Crippen LogP contribution is -2.46. The number of carboxylic acid groups (broad SMARTS) is 1. The van der Waals surface area contributed by atoms with Crippen LogP contribution in [0.2, 0.25) is 0 Å². The molecule has 2 aromatic heterocycles. The molecule has 26 heavy (non-hydrogen) atoms. The second kappa shape index (κ2) is 6.89. The second-order valence-corrected chi connectivity index (χ2v) is 7.28. The summed E-state index contributed by atoms with van der Waals surface area (Å²) >= 11 is 1.10. The summed E-state index contributed by atoms with van der Waals surface area (Å²) in [4.78, 5) is 33.5. The van der Waals surface area contributed by atoms with Gasteiger partial charge in [0.25, 0.3) is 0 Å². The van der Waals surface area contributed by atoms with Gasteiger partial charge in [-0.05, 0) is 23.6 Å². The van der Waals surface area contributed by atoms with Gasteiger partial charge in [-0.15, -0.1) is 11.3 Å². The van der Waals surface area contributed by atoms with Crippen LogP contribution in [0.3, 0.4) is 0 Å². The number of H-pyrrole nitrogens is 1. The zero-order valence-corrected chi connectivity index (χ0v) is 14.8. The standard InChI is InChI=1S/C18H18N4O3S/c23-15(19-14-6-8-26-16(14)18(24)25)5-7-22-9-11(10-22)17-20-12-3-1-2-4-13(12)21-17/h1-4,6,8,11H,5,7,9-10H2,(H,19,23)(H,20,21)(H,24,25). The van der Waals surface area contributed by atoms with E-state index >= 15 is 0 Å². The fraction of sp³-hybridized carbons (Fsp3) is 0.278. The molecular weight excluding hydrogens is 352 g/mol. The van der Waals surface area contributed by atoms with Gasteiger partial charge in [-0.3, -0.25) is 4.79 Å². The molecule has 1 saturated heterocycles. The number of carbonyl (C=O) groups excluding carboxylic acids is 1. The lowest BCUT2D eigenvalue weighted by Gasteiger charge is -2.37. The van der Waals surface area contributed by atoms with Gasteiger partial charge in [0.15, 0.2) is 0 Å². The Morgan fingerprint density at radius 1 is 1.31 bits per heavy atom. The van der Waals surface area contributed by atoms with Crippen LogP contribution in [-0.2, 0) is 4.79 Å². The van der Waals surface area contributed by atoms with Crippen LogP contribution in [0.1, 0.15) is 27.8 Å². The van der Waals surface area contributed by atoms with Gasteiger partial charge in [-0.2, -0.15) is 0 Å². The molecule has 0 unspecified atom stereocenters. The number of nitrogens with zero attached hydrogens (tertiary/aromatic N) is 2. The van der Waals surface area contributed by atoms with E-state index < -0.39 is 5.97 Å². The number of benzene rings is 1. The van der Waals surface area contributed by atoms with E-state index in [1.165, 1.54) is 0 Å². The molecule has 3 heterocycles. The first-order valence-corrected chi connectivity index (χ1v) is 9.26. The van der Waals surface area contributed by atoms with E-state index in [-0.39, 0.29) is 10.8 Å². The Hall–Kier alpha value is -2.71. The molecule has 1 aliphatic heterocycles. The zero-order chi connectivity index (χ0) is 18.1. The molecule has 1 aliphatic rings. The number of hydrogen-bond donors (Lipinski definition) is 3. The number of anilines is 1. The summed E-state index contributed by atoms with van der Waals surface area (Å²) in [5.74, 6) is 0.169. The Labute approximate surface area is 153 Å². The van der Waals surface area contributed by atoms with E-state index in [9.17, 15) is 9.59 Å². The largest absolute Gasteiger partial charge is 0.477 e. The predicted octanol–water partition coefficient (Wildman–Crippen LogP) is 2.75. The molecule has 0 aliphatic carbocycles. The van der Waals surface area contributed by atoms with Crippen molar-refractivity contribution >= 4 is 39.9 Å². The molecule has 1 aromatic carbocycles. The lowest BCUT2D eigenvalue weighted by molar-refractivity contribution is -0.116. The first kappa shape index (κ1) is 16.7. The van der Waals surface area contributed by atoms with Crippen LogP contribution in [-0.4, -0.2) is 51.5 Å². The number of nitrogens with one attached hydrogen (secondary N) is 2. The van der Waals surface area contributed by atoms with E-state index in [0.29, 0.717) is 24.6 Å². The average Bonchev–Trinajstić information content (AvgIpc) is 3.19. The van der Waals surface area contributed by atoms with Crippen LogP contribution >= 0.6 is 11.3 Å². The zero-order valence-electron chi connectivity index (χ0n) is 13.9. The fourth-order valence-electron chi connectivity index (χ4n) is 3.14. The van der Waals surface area contributed by atoms with Gasteiger partial charge in [0.2, 0.25) is 5.91 Å². The number of aromatic nitrogens is 2. The number of carbonyl (C=O) groups is 2. The van der Waals surface area contributed by atoms with Gasteiger partial charge < -0.3 is 20.3 Å². The maximum atomic E-state index is 12.1. The van der Waals surface area contributed by atoms with Gasteiger partial charge >= 0.3 is 5.97 Å². The predicted molar refractivity (Wildman–Crippen MR) is 99.8 cm³/mol. The minimum Gasteiger partial charge on any atom is -0.477 e. The number of amides is 1. The van der Waals surface area contributed by atoms with Crippen molar-refractivity contribution in [3.63, 3.8) is 0 Å². The third-order valence-electron chi connectivity index (χ3n) is 4.54. The highest BCUT2D eigenvalue weighted by atomic mass is 32.1. The topological polar surface area (TPSA) is 98.3 Å². The van der Waals surface area contributed by atoms with Gasteiger partial charge in [-0.1, -0.05) is 12.1 Å². The van der Waals surface area contributed by atoms with E-state index in [1.54, 1.807) is 11.4 Å². The van der Waals surface area contributed by atoms with Crippen LogP contribution in [0.15, 0.2) is 35.7 Å². The highest BCUT2D eigenvalue weighted by Crippen LogP contribution is 2.27. The quantitative estimate of drug-likeness (QED) is 0.620. The van der Waals surface area contributed by atoms with E-state index in [4.69, 9.17) is 5.11 Å². The Morgan fingerprint density at radius 2 is 2.12 bits per heavy atom. The smallest absolute Gasteiger partial charge is 0.348 e. The number of likely N-dealkylation sites (tertiary alicyclic amines) is 1. The average molecular weight is 370 g/mol. The fourth-order valence-corrected chi connectivity index (χ4v) is 3.82. The van der Waals surface area contributed by atoms with Crippen LogP contribution in [0, 0.1) is 0 Å². The number of imidazole rings is 1. The molecule has 3 N–H and O–H groups in total. The highest BCUT2D eigenvalue weighted by molar-refractivity contribution is 7.12. The Balaban J connectivity index is 1.26. The van der Waals surface area contributed by atoms with E-state index in [1.807, 2.05) is 24.3 Å². The third-order valence-corrected chi connectivity index (χ3v) is 5.44. The number of fused-ring (bicyclic) bond motifs is 1. The van der Waals surface area contributed by atoms with Crippen molar-refractivity contribution in [1.82, 2.24) is 14.9 Å². The van der Waals surface area contributed by atoms with Crippen molar-refractivity contribution in [3.8, 4) is 0 Å². The van der Waals surface area contributed by atoms with Crippen LogP contribution in [0.5, 0.6) is 0 Å². The number of rotatable bonds is 6. The molecule has 1 amide bonds. The summed E-state index contributed by atoms with van der Waals surface area (Å²) in [7, 11) is 0. The number of aromatic amines is 1. The molecule has 0 saturated carbocycles. The maximum absolute atomic E-state index is 12.1. The van der Waals surface area contributed by atoms with Crippen LogP contribution in [0.25, 0.3) is 11.0 Å². The highest BCUT2D eigenvalue weighted by Gasteiger charge is 2.30. The van der Waals surface area contributed by atoms with Crippen molar-refractivity contribution in [2.45, 2.75) is 12.3 Å². The Kier molecular flexibility index (Phi) is 4.44. The van der Waals surface area contributed by atoms with Crippen molar-refractivity contribution in [3.05, 3.63) is 46.4 Å². The van der Waals surface area contributed by atoms with Gasteiger partial charge in [0.05, 0.1) is 16.7 Å². The molecule has 1 fully saturated rings. The molecule has 7 nitrogen and oxygen atoms in total. The first-order valence-electron chi connectivity index (χ1n) is 8.38. The van der Waals surface area contributed by atoms with Crippen molar-refractivity contribution in [2.75, 3.05) is 25.0 Å². The molecule has 4 rings (SSSR count). The summed E-state index contributed by atoms with van der Waals surface area (Å²) in [6.45, 7) is 2.38. The van der Waals surface area contributed by atoms with Gasteiger partial charge in [0.1, 0.15) is 10.7 Å². The molecular formula is C18H18N4O3S.